The predicted molar refractivity (Wildman–Crippen MR) is 85.9 cm³/mol. The summed E-state index contributed by atoms with van der Waals surface area (Å²) in [6, 6.07) is 13.1. The normalized spacial score (nSPS) is 11.6. The van der Waals surface area contributed by atoms with E-state index in [-0.39, 0.29) is 11.7 Å². The van der Waals surface area contributed by atoms with Gasteiger partial charge < -0.3 is 14.8 Å². The number of hydrogen-bond acceptors (Lipinski definition) is 3. The second-order valence-corrected chi connectivity index (χ2v) is 5.03. The molecule has 1 N–H and O–H groups in total. The SMILES string of the molecule is CC[C@@H](Oc1ccc(OC)cc1)C(=O)NCc1ccc(F)cc1. The van der Waals surface area contributed by atoms with Crippen LogP contribution in [0.2, 0.25) is 0 Å². The van der Waals surface area contributed by atoms with Crippen molar-refractivity contribution in [2.24, 2.45) is 0 Å². The maximum atomic E-state index is 12.8. The van der Waals surface area contributed by atoms with Crippen LogP contribution < -0.4 is 14.8 Å². The fourth-order valence-electron chi connectivity index (χ4n) is 2.05. The van der Waals surface area contributed by atoms with Crippen molar-refractivity contribution in [2.45, 2.75) is 26.0 Å². The van der Waals surface area contributed by atoms with Crippen molar-refractivity contribution in [1.82, 2.24) is 5.32 Å². The Labute approximate surface area is 135 Å². The van der Waals surface area contributed by atoms with E-state index < -0.39 is 6.10 Å². The van der Waals surface area contributed by atoms with E-state index in [2.05, 4.69) is 5.32 Å². The summed E-state index contributed by atoms with van der Waals surface area (Å²) < 4.78 is 23.6. The monoisotopic (exact) mass is 317 g/mol. The van der Waals surface area contributed by atoms with Gasteiger partial charge in [0, 0.05) is 6.54 Å². The lowest BCUT2D eigenvalue weighted by atomic mass is 10.2. The van der Waals surface area contributed by atoms with Gasteiger partial charge in [0.25, 0.3) is 5.91 Å². The molecule has 0 unspecified atom stereocenters. The minimum Gasteiger partial charge on any atom is -0.497 e. The van der Waals surface area contributed by atoms with Gasteiger partial charge in [-0.05, 0) is 48.4 Å². The van der Waals surface area contributed by atoms with Gasteiger partial charge in [-0.2, -0.15) is 0 Å². The van der Waals surface area contributed by atoms with Gasteiger partial charge >= 0.3 is 0 Å². The van der Waals surface area contributed by atoms with Crippen molar-refractivity contribution in [3.63, 3.8) is 0 Å². The lowest BCUT2D eigenvalue weighted by molar-refractivity contribution is -0.128. The number of benzene rings is 2. The Morgan fingerprint density at radius 2 is 1.70 bits per heavy atom. The number of carbonyl (C=O) groups is 1. The average Bonchev–Trinajstić information content (AvgIpc) is 2.59. The van der Waals surface area contributed by atoms with Crippen LogP contribution in [0.5, 0.6) is 11.5 Å². The molecule has 0 spiro atoms. The fraction of sp³-hybridized carbons (Fsp3) is 0.278. The molecule has 2 aromatic rings. The van der Waals surface area contributed by atoms with Crippen molar-refractivity contribution >= 4 is 5.91 Å². The van der Waals surface area contributed by atoms with E-state index in [1.807, 2.05) is 6.92 Å². The van der Waals surface area contributed by atoms with Crippen molar-refractivity contribution in [3.05, 3.63) is 59.9 Å². The number of carbonyl (C=O) groups excluding carboxylic acids is 1. The van der Waals surface area contributed by atoms with Gasteiger partial charge in [-0.1, -0.05) is 19.1 Å². The molecule has 23 heavy (non-hydrogen) atoms. The van der Waals surface area contributed by atoms with Gasteiger partial charge in [0.05, 0.1) is 7.11 Å². The van der Waals surface area contributed by atoms with Crippen LogP contribution in [0.4, 0.5) is 4.39 Å². The van der Waals surface area contributed by atoms with Gasteiger partial charge in [0.2, 0.25) is 0 Å². The third kappa shape index (κ3) is 4.98. The minimum absolute atomic E-state index is 0.201. The highest BCUT2D eigenvalue weighted by molar-refractivity contribution is 5.81. The summed E-state index contributed by atoms with van der Waals surface area (Å²) in [6.07, 6.45) is -0.0368. The van der Waals surface area contributed by atoms with Crippen LogP contribution in [0.3, 0.4) is 0 Å². The topological polar surface area (TPSA) is 47.6 Å². The Kier molecular flexibility index (Phi) is 5.97. The van der Waals surface area contributed by atoms with Crippen LogP contribution in [-0.2, 0) is 11.3 Å². The first kappa shape index (κ1) is 16.8. The van der Waals surface area contributed by atoms with Gasteiger partial charge in [0.1, 0.15) is 17.3 Å². The van der Waals surface area contributed by atoms with Gasteiger partial charge in [-0.3, -0.25) is 4.79 Å². The molecule has 4 nitrogen and oxygen atoms in total. The summed E-state index contributed by atoms with van der Waals surface area (Å²) in [4.78, 5) is 12.2. The van der Waals surface area contributed by atoms with E-state index >= 15 is 0 Å². The van der Waals surface area contributed by atoms with Crippen LogP contribution in [0, 0.1) is 5.82 Å². The van der Waals surface area contributed by atoms with E-state index in [9.17, 15) is 9.18 Å². The number of ether oxygens (including phenoxy) is 2. The fourth-order valence-corrected chi connectivity index (χ4v) is 2.05. The van der Waals surface area contributed by atoms with Crippen molar-refractivity contribution in [1.29, 1.82) is 0 Å². The summed E-state index contributed by atoms with van der Waals surface area (Å²) in [6.45, 7) is 2.22. The van der Waals surface area contributed by atoms with E-state index in [0.29, 0.717) is 18.7 Å². The van der Waals surface area contributed by atoms with Crippen LogP contribution in [0.1, 0.15) is 18.9 Å². The Hall–Kier alpha value is -2.56. The molecule has 1 amide bonds. The lowest BCUT2D eigenvalue weighted by Crippen LogP contribution is -2.37. The van der Waals surface area contributed by atoms with Gasteiger partial charge in [-0.15, -0.1) is 0 Å². The molecule has 0 aliphatic carbocycles. The molecule has 0 fully saturated rings. The molecular formula is C18H20FNO3. The third-order valence-corrected chi connectivity index (χ3v) is 3.38. The molecule has 2 aromatic carbocycles. The first-order valence-corrected chi connectivity index (χ1v) is 7.45. The van der Waals surface area contributed by atoms with E-state index in [0.717, 1.165) is 11.3 Å². The molecule has 5 heteroatoms. The molecule has 0 aliphatic rings. The highest BCUT2D eigenvalue weighted by atomic mass is 19.1. The van der Waals surface area contributed by atoms with Crippen molar-refractivity contribution in [2.75, 3.05) is 7.11 Å². The quantitative estimate of drug-likeness (QED) is 0.852. The maximum absolute atomic E-state index is 12.8. The average molecular weight is 317 g/mol. The number of rotatable bonds is 7. The second-order valence-electron chi connectivity index (χ2n) is 5.03. The third-order valence-electron chi connectivity index (χ3n) is 3.38. The molecule has 1 atom stereocenters. The minimum atomic E-state index is -0.580. The number of nitrogens with one attached hydrogen (secondary N) is 1. The Morgan fingerprint density at radius 1 is 1.09 bits per heavy atom. The summed E-state index contributed by atoms with van der Waals surface area (Å²) in [5.41, 5.74) is 0.832. The van der Waals surface area contributed by atoms with Gasteiger partial charge in [0.15, 0.2) is 6.10 Å². The molecule has 0 bridgehead atoms. The predicted octanol–water partition coefficient (Wildman–Crippen LogP) is 3.31. The summed E-state index contributed by atoms with van der Waals surface area (Å²) in [5, 5.41) is 2.80. The molecule has 2 rings (SSSR count). The molecule has 0 saturated carbocycles. The Bertz CT molecular complexity index is 626. The first-order chi connectivity index (χ1) is 11.1. The van der Waals surface area contributed by atoms with E-state index in [4.69, 9.17) is 9.47 Å². The Balaban J connectivity index is 1.90. The first-order valence-electron chi connectivity index (χ1n) is 7.45. The molecule has 0 aliphatic heterocycles. The maximum Gasteiger partial charge on any atom is 0.261 e. The van der Waals surface area contributed by atoms with Crippen molar-refractivity contribution < 1.29 is 18.7 Å². The smallest absolute Gasteiger partial charge is 0.261 e. The lowest BCUT2D eigenvalue weighted by Gasteiger charge is -2.17. The van der Waals surface area contributed by atoms with Crippen LogP contribution in [0.25, 0.3) is 0 Å². The molecule has 0 saturated heterocycles. The zero-order valence-electron chi connectivity index (χ0n) is 13.2. The summed E-state index contributed by atoms with van der Waals surface area (Å²) in [7, 11) is 1.59. The number of amides is 1. The van der Waals surface area contributed by atoms with E-state index in [1.54, 1.807) is 43.5 Å². The highest BCUT2D eigenvalue weighted by Crippen LogP contribution is 2.19. The molecule has 122 valence electrons. The molecule has 0 aromatic heterocycles. The van der Waals surface area contributed by atoms with Crippen molar-refractivity contribution in [3.8, 4) is 11.5 Å². The molecular weight excluding hydrogens is 297 g/mol. The van der Waals surface area contributed by atoms with Crippen LogP contribution in [-0.4, -0.2) is 19.1 Å². The van der Waals surface area contributed by atoms with Gasteiger partial charge in [-0.25, -0.2) is 4.39 Å². The molecule has 0 heterocycles. The summed E-state index contributed by atoms with van der Waals surface area (Å²) in [5.74, 6) is 0.836. The van der Waals surface area contributed by atoms with Crippen LogP contribution >= 0.6 is 0 Å². The summed E-state index contributed by atoms with van der Waals surface area (Å²) >= 11 is 0. The van der Waals surface area contributed by atoms with E-state index in [1.165, 1.54) is 12.1 Å². The number of methoxy groups -OCH3 is 1. The Morgan fingerprint density at radius 3 is 2.26 bits per heavy atom. The second kappa shape index (κ2) is 8.17. The largest absolute Gasteiger partial charge is 0.497 e. The zero-order chi connectivity index (χ0) is 16.7. The zero-order valence-corrected chi connectivity index (χ0v) is 13.2. The van der Waals surface area contributed by atoms with Crippen LogP contribution in [0.15, 0.2) is 48.5 Å². The number of hydrogen-bond donors (Lipinski definition) is 1. The number of halogens is 1. The highest BCUT2D eigenvalue weighted by Gasteiger charge is 2.18. The standard InChI is InChI=1S/C18H20FNO3/c1-3-17(23-16-10-8-15(22-2)9-11-16)18(21)20-12-13-4-6-14(19)7-5-13/h4-11,17H,3,12H2,1-2H3,(H,20,21)/t17-/m1/s1. The molecule has 0 radical (unpaired) electrons.